The maximum Gasteiger partial charge on any atom is 0.339 e. The minimum absolute atomic E-state index is 0.182. The van der Waals surface area contributed by atoms with Gasteiger partial charge in [-0.15, -0.1) is 11.3 Å². The number of amides is 1. The molecular formula is C14H21NO5S. The quantitative estimate of drug-likeness (QED) is 0.683. The Morgan fingerprint density at radius 2 is 2.00 bits per heavy atom. The largest absolute Gasteiger partial charge is 0.478 e. The normalized spacial score (nSPS) is 10.6. The number of hydrogen-bond acceptors (Lipinski definition) is 5. The Labute approximate surface area is 128 Å². The SMILES string of the molecule is CCc1c(C)sc(NC(=O)CCOCCOC)c1C(=O)O. The summed E-state index contributed by atoms with van der Waals surface area (Å²) in [4.78, 5) is 24.1. The summed E-state index contributed by atoms with van der Waals surface area (Å²) in [6.07, 6.45) is 0.807. The van der Waals surface area contributed by atoms with Crippen molar-refractivity contribution in [2.75, 3.05) is 32.2 Å². The molecular weight excluding hydrogens is 294 g/mol. The van der Waals surface area contributed by atoms with Gasteiger partial charge in [0.15, 0.2) is 0 Å². The van der Waals surface area contributed by atoms with Crippen molar-refractivity contribution in [1.82, 2.24) is 0 Å². The third-order valence-electron chi connectivity index (χ3n) is 2.93. The van der Waals surface area contributed by atoms with Gasteiger partial charge in [0.05, 0.1) is 31.8 Å². The van der Waals surface area contributed by atoms with E-state index in [0.29, 0.717) is 24.6 Å². The second-order valence-corrected chi connectivity index (χ2v) is 5.63. The van der Waals surface area contributed by atoms with E-state index < -0.39 is 5.97 Å². The highest BCUT2D eigenvalue weighted by Crippen LogP contribution is 2.33. The van der Waals surface area contributed by atoms with Crippen LogP contribution in [0.4, 0.5) is 5.00 Å². The molecule has 118 valence electrons. The Morgan fingerprint density at radius 3 is 2.57 bits per heavy atom. The van der Waals surface area contributed by atoms with Gasteiger partial charge in [0.2, 0.25) is 5.91 Å². The van der Waals surface area contributed by atoms with Crippen LogP contribution in [0, 0.1) is 6.92 Å². The van der Waals surface area contributed by atoms with Gasteiger partial charge >= 0.3 is 5.97 Å². The van der Waals surface area contributed by atoms with Gasteiger partial charge in [0.1, 0.15) is 5.00 Å². The molecule has 0 saturated carbocycles. The fraction of sp³-hybridized carbons (Fsp3) is 0.571. The lowest BCUT2D eigenvalue weighted by molar-refractivity contribution is -0.117. The molecule has 0 fully saturated rings. The lowest BCUT2D eigenvalue weighted by Crippen LogP contribution is -2.16. The van der Waals surface area contributed by atoms with E-state index >= 15 is 0 Å². The molecule has 1 heterocycles. The maximum absolute atomic E-state index is 11.8. The molecule has 0 unspecified atom stereocenters. The van der Waals surface area contributed by atoms with Gasteiger partial charge in [-0.25, -0.2) is 4.79 Å². The summed E-state index contributed by atoms with van der Waals surface area (Å²) in [6.45, 7) is 4.95. The number of ether oxygens (including phenoxy) is 2. The number of aromatic carboxylic acids is 1. The maximum atomic E-state index is 11.8. The van der Waals surface area contributed by atoms with Crippen LogP contribution in [0.3, 0.4) is 0 Å². The second kappa shape index (κ2) is 8.76. The summed E-state index contributed by atoms with van der Waals surface area (Å²) in [7, 11) is 1.58. The summed E-state index contributed by atoms with van der Waals surface area (Å²) >= 11 is 1.30. The van der Waals surface area contributed by atoms with Crippen molar-refractivity contribution < 1.29 is 24.2 Å². The number of anilines is 1. The van der Waals surface area contributed by atoms with E-state index in [1.807, 2.05) is 13.8 Å². The van der Waals surface area contributed by atoms with Crippen LogP contribution in [0.2, 0.25) is 0 Å². The van der Waals surface area contributed by atoms with Crippen molar-refractivity contribution in [3.63, 3.8) is 0 Å². The molecule has 1 aromatic heterocycles. The average molecular weight is 315 g/mol. The summed E-state index contributed by atoms with van der Waals surface area (Å²) < 4.78 is 10.0. The Morgan fingerprint density at radius 1 is 1.29 bits per heavy atom. The molecule has 0 radical (unpaired) electrons. The number of nitrogens with one attached hydrogen (secondary N) is 1. The predicted molar refractivity (Wildman–Crippen MR) is 81.3 cm³/mol. The van der Waals surface area contributed by atoms with Gasteiger partial charge in [-0.05, 0) is 18.9 Å². The lowest BCUT2D eigenvalue weighted by Gasteiger charge is -2.06. The number of carbonyl (C=O) groups excluding carboxylic acids is 1. The summed E-state index contributed by atoms with van der Waals surface area (Å²) in [5.74, 6) is -1.26. The molecule has 0 saturated heterocycles. The molecule has 21 heavy (non-hydrogen) atoms. The van der Waals surface area contributed by atoms with Crippen LogP contribution in [-0.2, 0) is 20.7 Å². The Balaban J connectivity index is 2.62. The van der Waals surface area contributed by atoms with E-state index in [1.54, 1.807) is 7.11 Å². The van der Waals surface area contributed by atoms with Crippen LogP contribution < -0.4 is 5.32 Å². The van der Waals surface area contributed by atoms with Gasteiger partial charge < -0.3 is 19.9 Å². The zero-order valence-electron chi connectivity index (χ0n) is 12.5. The molecule has 7 heteroatoms. The fourth-order valence-corrected chi connectivity index (χ4v) is 3.07. The highest BCUT2D eigenvalue weighted by atomic mass is 32.1. The lowest BCUT2D eigenvalue weighted by atomic mass is 10.1. The molecule has 1 aromatic rings. The van der Waals surface area contributed by atoms with Crippen LogP contribution in [0.25, 0.3) is 0 Å². The van der Waals surface area contributed by atoms with E-state index in [2.05, 4.69) is 5.32 Å². The monoisotopic (exact) mass is 315 g/mol. The molecule has 1 amide bonds. The first kappa shape index (κ1) is 17.6. The molecule has 6 nitrogen and oxygen atoms in total. The van der Waals surface area contributed by atoms with Gasteiger partial charge in [0, 0.05) is 12.0 Å². The summed E-state index contributed by atoms with van der Waals surface area (Å²) in [5.41, 5.74) is 0.979. The predicted octanol–water partition coefficient (Wildman–Crippen LogP) is 2.31. The number of aryl methyl sites for hydroxylation is 1. The smallest absolute Gasteiger partial charge is 0.339 e. The Kier molecular flexibility index (Phi) is 7.35. The number of rotatable bonds is 9. The minimum Gasteiger partial charge on any atom is -0.478 e. The molecule has 0 aliphatic heterocycles. The van der Waals surface area contributed by atoms with Gasteiger partial charge in [-0.2, -0.15) is 0 Å². The second-order valence-electron chi connectivity index (χ2n) is 4.40. The van der Waals surface area contributed by atoms with E-state index in [9.17, 15) is 14.7 Å². The summed E-state index contributed by atoms with van der Waals surface area (Å²) in [6, 6.07) is 0. The van der Waals surface area contributed by atoms with Crippen molar-refractivity contribution in [1.29, 1.82) is 0 Å². The van der Waals surface area contributed by atoms with E-state index in [0.717, 1.165) is 10.4 Å². The minimum atomic E-state index is -1.01. The van der Waals surface area contributed by atoms with Crippen LogP contribution in [0.1, 0.15) is 34.1 Å². The molecule has 0 aromatic carbocycles. The average Bonchev–Trinajstić information content (AvgIpc) is 2.74. The van der Waals surface area contributed by atoms with Crippen LogP contribution in [0.5, 0.6) is 0 Å². The fourth-order valence-electron chi connectivity index (χ4n) is 1.92. The molecule has 2 N–H and O–H groups in total. The Hall–Kier alpha value is -1.44. The van der Waals surface area contributed by atoms with Crippen LogP contribution in [0.15, 0.2) is 0 Å². The third-order valence-corrected chi connectivity index (χ3v) is 4.00. The number of methoxy groups -OCH3 is 1. The molecule has 0 aliphatic carbocycles. The van der Waals surface area contributed by atoms with Crippen LogP contribution in [-0.4, -0.2) is 43.9 Å². The summed E-state index contributed by atoms with van der Waals surface area (Å²) in [5, 5.41) is 12.4. The van der Waals surface area contributed by atoms with Crippen molar-refractivity contribution in [2.45, 2.75) is 26.7 Å². The highest BCUT2D eigenvalue weighted by molar-refractivity contribution is 7.16. The van der Waals surface area contributed by atoms with Crippen molar-refractivity contribution >= 4 is 28.2 Å². The first-order valence-electron chi connectivity index (χ1n) is 6.73. The molecule has 0 aliphatic rings. The number of thiophene rings is 1. The van der Waals surface area contributed by atoms with Crippen molar-refractivity contribution in [3.05, 3.63) is 16.0 Å². The van der Waals surface area contributed by atoms with Gasteiger partial charge in [-0.1, -0.05) is 6.92 Å². The van der Waals surface area contributed by atoms with Crippen molar-refractivity contribution in [3.8, 4) is 0 Å². The Bertz CT molecular complexity index is 498. The third kappa shape index (κ3) is 5.11. The van der Waals surface area contributed by atoms with Crippen LogP contribution >= 0.6 is 11.3 Å². The number of carboxylic acids is 1. The molecule has 0 atom stereocenters. The number of carboxylic acid groups (broad SMARTS) is 1. The highest BCUT2D eigenvalue weighted by Gasteiger charge is 2.21. The molecule has 1 rings (SSSR count). The molecule has 0 bridgehead atoms. The topological polar surface area (TPSA) is 84.9 Å². The van der Waals surface area contributed by atoms with E-state index in [1.165, 1.54) is 11.3 Å². The van der Waals surface area contributed by atoms with E-state index in [4.69, 9.17) is 9.47 Å². The number of hydrogen-bond donors (Lipinski definition) is 2. The molecule has 0 spiro atoms. The van der Waals surface area contributed by atoms with Crippen molar-refractivity contribution in [2.24, 2.45) is 0 Å². The van der Waals surface area contributed by atoms with E-state index in [-0.39, 0.29) is 24.5 Å². The zero-order valence-corrected chi connectivity index (χ0v) is 13.3. The first-order valence-corrected chi connectivity index (χ1v) is 7.55. The number of carbonyl (C=O) groups is 2. The zero-order chi connectivity index (χ0) is 15.8. The standard InChI is InChI=1S/C14H21NO5S/c1-4-10-9(2)21-13(12(10)14(17)18)15-11(16)5-6-20-8-7-19-3/h4-8H2,1-3H3,(H,15,16)(H,17,18). The van der Waals surface area contributed by atoms with Gasteiger partial charge in [0.25, 0.3) is 0 Å². The van der Waals surface area contributed by atoms with Gasteiger partial charge in [-0.3, -0.25) is 4.79 Å². The first-order chi connectivity index (χ1) is 10.0.